The molecule has 2 radical (unpaired) electrons. The number of carbonyl (C=O) groups excluding carboxylic acids is 1. The molecule has 0 spiro atoms. The summed E-state index contributed by atoms with van der Waals surface area (Å²) in [4.78, 5) is 15.1. The van der Waals surface area contributed by atoms with Crippen molar-refractivity contribution in [1.29, 1.82) is 5.26 Å². The number of pyridine rings is 1. The normalized spacial score (nSPS) is 11.3. The highest BCUT2D eigenvalue weighted by molar-refractivity contribution is 6.42. The fourth-order valence-corrected chi connectivity index (χ4v) is 1.64. The molecule has 0 N–H and O–H groups in total. The van der Waals surface area contributed by atoms with Gasteiger partial charge in [-0.2, -0.15) is 18.4 Å². The van der Waals surface area contributed by atoms with Crippen molar-refractivity contribution in [3.05, 3.63) is 35.5 Å². The van der Waals surface area contributed by atoms with Gasteiger partial charge in [-0.25, -0.2) is 4.98 Å². The van der Waals surface area contributed by atoms with Crippen LogP contribution in [0.4, 0.5) is 13.2 Å². The van der Waals surface area contributed by atoms with Gasteiger partial charge in [0.05, 0.1) is 5.52 Å². The van der Waals surface area contributed by atoms with Crippen molar-refractivity contribution in [2.24, 2.45) is 0 Å². The second kappa shape index (κ2) is 4.39. The third-order valence-corrected chi connectivity index (χ3v) is 2.53. The van der Waals surface area contributed by atoms with Crippen LogP contribution in [0.2, 0.25) is 0 Å². The predicted molar refractivity (Wildman–Crippen MR) is 62.2 cm³/mol. The molecular formula is C12H4BF3N2O. The molecule has 7 heteroatoms. The van der Waals surface area contributed by atoms with E-state index in [-0.39, 0.29) is 22.1 Å². The number of hydrogen-bond donors (Lipinski definition) is 0. The molecule has 1 heterocycles. The van der Waals surface area contributed by atoms with E-state index in [1.54, 1.807) is 6.07 Å². The number of Topliss-reactive ketones (excluding diaryl/α,β-unsaturated/α-hetero) is 1. The summed E-state index contributed by atoms with van der Waals surface area (Å²) < 4.78 is 37.1. The fraction of sp³-hybridized carbons (Fsp3) is 0.0833. The Hall–Kier alpha value is -2.36. The maximum absolute atomic E-state index is 12.4. The topological polar surface area (TPSA) is 53.8 Å². The zero-order valence-corrected chi connectivity index (χ0v) is 9.32. The maximum atomic E-state index is 12.4. The van der Waals surface area contributed by atoms with Gasteiger partial charge in [-0.1, -0.05) is 11.5 Å². The van der Waals surface area contributed by atoms with Gasteiger partial charge in [-0.3, -0.25) is 4.79 Å². The highest BCUT2D eigenvalue weighted by Gasteiger charge is 2.39. The molecule has 0 aliphatic rings. The van der Waals surface area contributed by atoms with Crippen LogP contribution in [0.15, 0.2) is 24.3 Å². The van der Waals surface area contributed by atoms with Crippen LogP contribution >= 0.6 is 0 Å². The van der Waals surface area contributed by atoms with E-state index >= 15 is 0 Å². The number of alkyl halides is 3. The average molecular weight is 260 g/mol. The summed E-state index contributed by atoms with van der Waals surface area (Å²) in [5.41, 5.74) is -0.541. The molecule has 19 heavy (non-hydrogen) atoms. The van der Waals surface area contributed by atoms with Gasteiger partial charge < -0.3 is 0 Å². The molecular weight excluding hydrogens is 256 g/mol. The summed E-state index contributed by atoms with van der Waals surface area (Å²) in [6, 6.07) is 6.67. The van der Waals surface area contributed by atoms with Crippen LogP contribution in [0, 0.1) is 11.3 Å². The minimum Gasteiger partial charge on any atom is -0.284 e. The molecule has 0 bridgehead atoms. The third kappa shape index (κ3) is 2.29. The second-order valence-electron chi connectivity index (χ2n) is 3.73. The minimum atomic E-state index is -4.98. The number of hydrogen-bond acceptors (Lipinski definition) is 3. The summed E-state index contributed by atoms with van der Waals surface area (Å²) in [5.74, 6) is -2.00. The predicted octanol–water partition coefficient (Wildman–Crippen LogP) is 1.65. The number of rotatable bonds is 1. The van der Waals surface area contributed by atoms with Crippen molar-refractivity contribution in [3.8, 4) is 6.07 Å². The Morgan fingerprint density at radius 3 is 2.53 bits per heavy atom. The van der Waals surface area contributed by atoms with Crippen molar-refractivity contribution in [1.82, 2.24) is 4.98 Å². The molecule has 0 saturated heterocycles. The Kier molecular flexibility index (Phi) is 3.02. The van der Waals surface area contributed by atoms with E-state index in [1.165, 1.54) is 18.2 Å². The van der Waals surface area contributed by atoms with Crippen molar-refractivity contribution < 1.29 is 18.0 Å². The molecule has 1 aromatic heterocycles. The molecule has 0 unspecified atom stereocenters. The number of aromatic nitrogens is 1. The largest absolute Gasteiger partial charge is 0.454 e. The second-order valence-corrected chi connectivity index (χ2v) is 3.73. The Bertz CT molecular complexity index is 719. The fourth-order valence-electron chi connectivity index (χ4n) is 1.64. The smallest absolute Gasteiger partial charge is 0.284 e. The van der Waals surface area contributed by atoms with Crippen LogP contribution in [-0.4, -0.2) is 24.8 Å². The van der Waals surface area contributed by atoms with E-state index in [0.717, 1.165) is 6.07 Å². The molecule has 1 aromatic carbocycles. The van der Waals surface area contributed by atoms with E-state index < -0.39 is 17.5 Å². The van der Waals surface area contributed by atoms with Crippen molar-refractivity contribution in [2.75, 3.05) is 0 Å². The SMILES string of the molecule is [B]c1c(C(=O)C(F)(F)F)ccc2nc(C#N)ccc12. The van der Waals surface area contributed by atoms with E-state index in [9.17, 15) is 18.0 Å². The van der Waals surface area contributed by atoms with Gasteiger partial charge >= 0.3 is 6.18 Å². The summed E-state index contributed by atoms with van der Waals surface area (Å²) in [5, 5.41) is 8.87. The van der Waals surface area contributed by atoms with Gasteiger partial charge in [0.25, 0.3) is 5.78 Å². The molecule has 92 valence electrons. The quantitative estimate of drug-likeness (QED) is 0.578. The van der Waals surface area contributed by atoms with E-state index in [4.69, 9.17) is 13.1 Å². The molecule has 0 aliphatic carbocycles. The summed E-state index contributed by atoms with van der Waals surface area (Å²) in [6.07, 6.45) is -4.98. The minimum absolute atomic E-state index is 0.113. The van der Waals surface area contributed by atoms with Crippen molar-refractivity contribution >= 4 is 30.0 Å². The van der Waals surface area contributed by atoms with Gasteiger partial charge in [0.15, 0.2) is 0 Å². The lowest BCUT2D eigenvalue weighted by Crippen LogP contribution is -2.28. The number of ketones is 1. The maximum Gasteiger partial charge on any atom is 0.454 e. The Balaban J connectivity index is 2.66. The molecule has 3 nitrogen and oxygen atoms in total. The molecule has 2 rings (SSSR count). The van der Waals surface area contributed by atoms with E-state index in [0.29, 0.717) is 0 Å². The lowest BCUT2D eigenvalue weighted by Gasteiger charge is -2.10. The number of halogens is 3. The first-order valence-corrected chi connectivity index (χ1v) is 5.05. The standard InChI is InChI=1S/C12H4BF3N2O/c13-10-7-2-1-6(5-17)18-9(7)4-3-8(10)11(19)12(14,15)16/h1-4H. The first-order valence-electron chi connectivity index (χ1n) is 5.05. The highest BCUT2D eigenvalue weighted by atomic mass is 19.4. The van der Waals surface area contributed by atoms with Crippen LogP contribution in [0.25, 0.3) is 10.9 Å². The number of carbonyl (C=O) groups is 1. The summed E-state index contributed by atoms with van der Waals surface area (Å²) in [7, 11) is 5.56. The van der Waals surface area contributed by atoms with E-state index in [1.807, 2.05) is 0 Å². The number of benzene rings is 1. The van der Waals surface area contributed by atoms with Gasteiger partial charge in [0, 0.05) is 5.56 Å². The summed E-state index contributed by atoms with van der Waals surface area (Å²) >= 11 is 0. The Morgan fingerprint density at radius 2 is 1.95 bits per heavy atom. The number of fused-ring (bicyclic) bond motifs is 1. The highest BCUT2D eigenvalue weighted by Crippen LogP contribution is 2.22. The first kappa shape index (κ1) is 13.1. The van der Waals surface area contributed by atoms with Gasteiger partial charge in [0.1, 0.15) is 19.6 Å². The van der Waals surface area contributed by atoms with Crippen LogP contribution < -0.4 is 5.46 Å². The van der Waals surface area contributed by atoms with Crippen LogP contribution in [0.3, 0.4) is 0 Å². The molecule has 0 atom stereocenters. The summed E-state index contributed by atoms with van der Waals surface area (Å²) in [6.45, 7) is 0. The zero-order chi connectivity index (χ0) is 14.2. The Labute approximate surface area is 107 Å². The monoisotopic (exact) mass is 260 g/mol. The molecule has 0 aliphatic heterocycles. The van der Waals surface area contributed by atoms with Crippen LogP contribution in [-0.2, 0) is 0 Å². The molecule has 0 fully saturated rings. The number of nitriles is 1. The van der Waals surface area contributed by atoms with Crippen molar-refractivity contribution in [2.45, 2.75) is 6.18 Å². The van der Waals surface area contributed by atoms with Gasteiger partial charge in [-0.15, -0.1) is 0 Å². The first-order chi connectivity index (χ1) is 8.84. The Morgan fingerprint density at radius 1 is 1.26 bits per heavy atom. The molecule has 0 amide bonds. The van der Waals surface area contributed by atoms with Crippen LogP contribution in [0.5, 0.6) is 0 Å². The van der Waals surface area contributed by atoms with Gasteiger partial charge in [0.2, 0.25) is 0 Å². The zero-order valence-electron chi connectivity index (χ0n) is 9.32. The van der Waals surface area contributed by atoms with Gasteiger partial charge in [-0.05, 0) is 23.6 Å². The van der Waals surface area contributed by atoms with E-state index in [2.05, 4.69) is 4.98 Å². The third-order valence-electron chi connectivity index (χ3n) is 2.53. The lowest BCUT2D eigenvalue weighted by molar-refractivity contribution is -0.0884. The lowest BCUT2D eigenvalue weighted by atomic mass is 9.85. The molecule has 0 saturated carbocycles. The van der Waals surface area contributed by atoms with Crippen molar-refractivity contribution in [3.63, 3.8) is 0 Å². The van der Waals surface area contributed by atoms with Crippen LogP contribution in [0.1, 0.15) is 16.1 Å². The average Bonchev–Trinajstić information content (AvgIpc) is 2.37. The molecule has 2 aromatic rings. The number of nitrogens with zero attached hydrogens (tertiary/aromatic N) is 2.